The molecule has 112 heavy (non-hydrogen) atoms. The lowest BCUT2D eigenvalue weighted by Gasteiger charge is -2.27. The molecule has 54 heteroatoms. The van der Waals surface area contributed by atoms with E-state index < -0.39 is 280 Å². The summed E-state index contributed by atoms with van der Waals surface area (Å²) in [5, 5.41) is 163. The first kappa shape index (κ1) is 99.1. The fourth-order valence-electron chi connectivity index (χ4n) is 9.45. The normalized spacial score (nSPS) is 14.2. The van der Waals surface area contributed by atoms with Gasteiger partial charge in [-0.1, -0.05) is 0 Å². The fourth-order valence-corrected chi connectivity index (χ4v) is 9.45. The number of carbonyl (C=O) groups is 17. The number of aliphatic hydroxyl groups excluding tert-OH is 4. The standard InChI is InChI=1S/C58H102N28O26/c59-24(20-87)41(99)75-25(6-1-11-70-54(60)61)42(100)81-31(17-38(93)94)47(105)84-34(21-88)51(109)77-27(8-3-13-72-56(64)65)44(102)83-33(19-40(97)98)49(107)86-36(23-90)52(110)78-28(9-4-14-73-57(66)67)45(103)82-32(18-39(95)96)48(106)85-35(22-89)50(108)76-26(7-2-12-71-55(62)63)43(101)80-30(16-37(91)92)46(104)79-29(53(111)112)10-5-15-74-58(68)69/h24-36,87-90H,1-23,59H2,(H,75,99)(H,76,108)(H,77,109)(H,78,110)(H,79,104)(H,80,101)(H,81,100)(H,82,103)(H,83,102)(H,84,105)(H,85,106)(H,86,107)(H,91,92)(H,93,94)(H,95,96)(H,97,98)(H,111,112)(H4,60,61,70)(H4,62,63,71)(H4,64,65,72)(H4,66,67,73)(H4,68,69,74)/t24-,25-,26-,27-,28-,29-,30-,31-,32-,33-,34-,35-,36-/m0/s1. The highest BCUT2D eigenvalue weighted by atomic mass is 16.4. The minimum Gasteiger partial charge on any atom is -0.481 e. The van der Waals surface area contributed by atoms with Crippen LogP contribution in [0, 0.1) is 27.0 Å². The lowest BCUT2D eigenvalue weighted by Crippen LogP contribution is -2.62. The predicted molar refractivity (Wildman–Crippen MR) is 382 cm³/mol. The molecule has 0 radical (unpaired) electrons. The summed E-state index contributed by atoms with van der Waals surface area (Å²) in [6, 6.07) is -25.8. The lowest BCUT2D eigenvalue weighted by molar-refractivity contribution is -0.144. The van der Waals surface area contributed by atoms with Crippen molar-refractivity contribution in [1.82, 2.24) is 90.4 Å². The van der Waals surface area contributed by atoms with E-state index in [2.05, 4.69) is 63.8 Å². The highest BCUT2D eigenvalue weighted by molar-refractivity contribution is 6.01. The summed E-state index contributed by atoms with van der Waals surface area (Å²) in [6.45, 7) is -5.66. The molecule has 0 unspecified atom stereocenters. The molecule has 0 aromatic rings. The molecule has 54 nitrogen and oxygen atoms in total. The Morgan fingerprint density at radius 1 is 0.241 bits per heavy atom. The van der Waals surface area contributed by atoms with Gasteiger partial charge in [0.05, 0.1) is 52.1 Å². The molecule has 0 aliphatic heterocycles. The molecule has 0 bridgehead atoms. The van der Waals surface area contributed by atoms with Crippen LogP contribution in [0.1, 0.15) is 89.9 Å². The third kappa shape index (κ3) is 42.0. The van der Waals surface area contributed by atoms with Crippen molar-refractivity contribution in [3.8, 4) is 0 Å². The molecule has 0 saturated heterocycles. The minimum absolute atomic E-state index is 0.00138. The van der Waals surface area contributed by atoms with E-state index in [0.717, 1.165) is 0 Å². The molecule has 0 fully saturated rings. The van der Waals surface area contributed by atoms with Crippen LogP contribution in [0.4, 0.5) is 0 Å². The Morgan fingerprint density at radius 2 is 0.402 bits per heavy atom. The Balaban J connectivity index is 7.12. The van der Waals surface area contributed by atoms with Crippen molar-refractivity contribution in [3.63, 3.8) is 0 Å². The number of rotatable bonds is 57. The van der Waals surface area contributed by atoms with Gasteiger partial charge in [-0.3, -0.25) is 104 Å². The van der Waals surface area contributed by atoms with Gasteiger partial charge < -0.3 is 171 Å². The molecule has 0 aliphatic rings. The molecule has 13 atom stereocenters. The average molecular weight is 1610 g/mol. The summed E-state index contributed by atoms with van der Waals surface area (Å²) >= 11 is 0. The number of carboxylic acid groups (broad SMARTS) is 5. The van der Waals surface area contributed by atoms with Crippen LogP contribution >= 0.6 is 0 Å². The van der Waals surface area contributed by atoms with Crippen molar-refractivity contribution in [1.29, 1.82) is 27.0 Å². The largest absolute Gasteiger partial charge is 0.481 e. The molecule has 630 valence electrons. The molecule has 0 saturated carbocycles. The zero-order valence-electron chi connectivity index (χ0n) is 60.2. The van der Waals surface area contributed by atoms with Gasteiger partial charge in [-0.25, -0.2) is 4.79 Å². The highest BCUT2D eigenvalue weighted by Gasteiger charge is 2.39. The van der Waals surface area contributed by atoms with Gasteiger partial charge in [-0.05, 0) is 64.2 Å². The Kier molecular flexibility index (Phi) is 46.9. The summed E-state index contributed by atoms with van der Waals surface area (Å²) in [5.74, 6) is -28.1. The van der Waals surface area contributed by atoms with Crippen molar-refractivity contribution >= 4 is 131 Å². The maximum Gasteiger partial charge on any atom is 0.326 e. The summed E-state index contributed by atoms with van der Waals surface area (Å²) in [5.41, 5.74) is 32.1. The van der Waals surface area contributed by atoms with Gasteiger partial charge in [0, 0.05) is 32.7 Å². The van der Waals surface area contributed by atoms with E-state index in [1.165, 1.54) is 0 Å². The summed E-state index contributed by atoms with van der Waals surface area (Å²) in [6.07, 6.45) is -7.75. The van der Waals surface area contributed by atoms with E-state index >= 15 is 0 Å². The van der Waals surface area contributed by atoms with E-state index in [0.29, 0.717) is 0 Å². The maximum atomic E-state index is 14.2. The van der Waals surface area contributed by atoms with Gasteiger partial charge in [0.25, 0.3) is 0 Å². The zero-order valence-corrected chi connectivity index (χ0v) is 60.2. The molecular formula is C58H102N28O26. The van der Waals surface area contributed by atoms with Gasteiger partial charge in [-0.2, -0.15) is 0 Å². The Bertz CT molecular complexity index is 3340. The van der Waals surface area contributed by atoms with Crippen LogP contribution in [0.2, 0.25) is 0 Å². The minimum atomic E-state index is -2.28. The third-order valence-corrected chi connectivity index (χ3v) is 15.1. The summed E-state index contributed by atoms with van der Waals surface area (Å²) < 4.78 is 0. The summed E-state index contributed by atoms with van der Waals surface area (Å²) in [4.78, 5) is 225. The van der Waals surface area contributed by atoms with Crippen LogP contribution in [0.25, 0.3) is 0 Å². The second-order valence-electron chi connectivity index (χ2n) is 24.2. The molecule has 12 amide bonds. The van der Waals surface area contributed by atoms with Gasteiger partial charge >= 0.3 is 29.8 Å². The molecule has 0 aliphatic carbocycles. The number of guanidine groups is 5. The number of aliphatic carboxylic acids is 5. The lowest BCUT2D eigenvalue weighted by atomic mass is 10.1. The van der Waals surface area contributed by atoms with E-state index in [1.54, 1.807) is 0 Å². The van der Waals surface area contributed by atoms with Crippen LogP contribution in [0.5, 0.6) is 0 Å². The van der Waals surface area contributed by atoms with Gasteiger partial charge in [-0.15, -0.1) is 0 Å². The number of aliphatic hydroxyl groups is 4. The number of nitrogens with two attached hydrogens (primary N) is 6. The monoisotopic (exact) mass is 1610 g/mol. The Hall–Kier alpha value is -12.9. The second kappa shape index (κ2) is 53.0. The quantitative estimate of drug-likeness (QED) is 0.0153. The first-order valence-electron chi connectivity index (χ1n) is 33.8. The highest BCUT2D eigenvalue weighted by Crippen LogP contribution is 2.10. The number of hydrogen-bond acceptors (Lipinski definition) is 27. The van der Waals surface area contributed by atoms with Crippen LogP contribution in [0.3, 0.4) is 0 Å². The number of nitrogens with one attached hydrogen (secondary N) is 22. The first-order chi connectivity index (χ1) is 52.5. The first-order valence-corrected chi connectivity index (χ1v) is 33.8. The fraction of sp³-hybridized carbons (Fsp3) is 0.621. The van der Waals surface area contributed by atoms with Gasteiger partial charge in [0.1, 0.15) is 78.5 Å². The molecular weight excluding hydrogens is 1500 g/mol. The van der Waals surface area contributed by atoms with Crippen molar-refractivity contribution in [2.24, 2.45) is 34.4 Å². The second-order valence-corrected chi connectivity index (χ2v) is 24.2. The number of carbonyl (C=O) groups excluding carboxylic acids is 12. The van der Waals surface area contributed by atoms with Gasteiger partial charge in [0.15, 0.2) is 29.8 Å². The Labute approximate surface area is 635 Å². The van der Waals surface area contributed by atoms with E-state index in [9.17, 15) is 127 Å². The Morgan fingerprint density at radius 3 is 0.580 bits per heavy atom. The number of amides is 12. The third-order valence-electron chi connectivity index (χ3n) is 15.1. The topological polar surface area (TPSA) is 952 Å². The van der Waals surface area contributed by atoms with Crippen LogP contribution in [-0.4, -0.2) is 314 Å². The van der Waals surface area contributed by atoms with E-state index in [1.807, 2.05) is 26.6 Å². The van der Waals surface area contributed by atoms with Crippen molar-refractivity contribution < 1.29 is 127 Å². The average Bonchev–Trinajstić information content (AvgIpc) is 0.859. The van der Waals surface area contributed by atoms with E-state index in [4.69, 9.17) is 61.4 Å². The molecule has 0 aromatic heterocycles. The van der Waals surface area contributed by atoms with Crippen molar-refractivity contribution in [2.75, 3.05) is 59.2 Å². The summed E-state index contributed by atoms with van der Waals surface area (Å²) in [7, 11) is 0. The van der Waals surface area contributed by atoms with E-state index in [-0.39, 0.29) is 77.7 Å². The molecule has 0 aromatic carbocycles. The molecule has 0 spiro atoms. The number of hydrogen-bond donors (Lipinski definition) is 37. The maximum absolute atomic E-state index is 14.2. The van der Waals surface area contributed by atoms with Crippen molar-refractivity contribution in [2.45, 2.75) is 168 Å². The van der Waals surface area contributed by atoms with Crippen LogP contribution in [-0.2, 0) is 81.5 Å². The smallest absolute Gasteiger partial charge is 0.326 e. The molecule has 0 heterocycles. The number of carboxylic acids is 5. The predicted octanol–water partition coefficient (Wildman–Crippen LogP) is -16.6. The van der Waals surface area contributed by atoms with Crippen LogP contribution in [0.15, 0.2) is 0 Å². The zero-order chi connectivity index (χ0) is 85.5. The SMILES string of the molecule is N=C(N)NCCC[C@H](NC(=O)[C@H](CC(=O)O)NC(=O)[C@H](CCCNC(=N)N)NC(=O)[C@H](CO)NC(=O)[C@H](CC(=O)O)NC(=O)[C@H](CCCNC(=N)N)NC(=O)[C@H](CO)NC(=O)[C@H](CC(=O)O)NC(=O)[C@H](CCCNC(=N)N)NC(=O)[C@H](CO)NC(=O)[C@H](CC(=O)O)NC(=O)[C@H](CCCNC(=N)N)NC(=O)[C@@H](N)CO)C(=O)O. The van der Waals surface area contributed by atoms with Crippen molar-refractivity contribution in [3.05, 3.63) is 0 Å². The van der Waals surface area contributed by atoms with Crippen LogP contribution < -0.4 is 125 Å². The van der Waals surface area contributed by atoms with Gasteiger partial charge in [0.2, 0.25) is 70.9 Å². The molecule has 43 N–H and O–H groups in total. The molecule has 0 rings (SSSR count).